The number of unbranched alkanes of at least 4 members (excludes halogenated alkanes) is 4. The second kappa shape index (κ2) is 9.42. The van der Waals surface area contributed by atoms with Crippen LogP contribution in [0.3, 0.4) is 0 Å². The van der Waals surface area contributed by atoms with Crippen molar-refractivity contribution in [2.45, 2.75) is 89.9 Å². The van der Waals surface area contributed by atoms with Crippen LogP contribution in [-0.2, 0) is 0 Å². The first-order valence-corrected chi connectivity index (χ1v) is 11.9. The molecular formula is C27H37F. The zero-order valence-corrected chi connectivity index (χ0v) is 17.6. The number of halogens is 1. The molecule has 0 aliphatic heterocycles. The molecule has 2 saturated carbocycles. The zero-order valence-electron chi connectivity index (χ0n) is 17.6. The predicted molar refractivity (Wildman–Crippen MR) is 118 cm³/mol. The molecule has 2 aliphatic carbocycles. The normalized spacial score (nSPS) is 27.6. The standard InChI is InChI=1S/C27H37F/c1-2-3-4-5-6-8-20-11-12-23-18-24(16-15-22(23)17-20)25-14-13-21-9-7-10-27(28)26(21)19-25/h7,9-10,13-14,19-20,22-24H,2-6,8,11-12,15-18H2,1H3. The second-order valence-electron chi connectivity index (χ2n) is 9.63. The molecule has 2 aliphatic rings. The summed E-state index contributed by atoms with van der Waals surface area (Å²) in [5.74, 6) is 3.42. The molecule has 0 aromatic heterocycles. The lowest BCUT2D eigenvalue weighted by atomic mass is 9.63. The SMILES string of the molecule is CCCCCCCC1CCC2CC(c3ccc4cccc(F)c4c3)CCC2C1. The van der Waals surface area contributed by atoms with E-state index in [1.165, 1.54) is 82.6 Å². The van der Waals surface area contributed by atoms with Gasteiger partial charge in [0.15, 0.2) is 0 Å². The molecule has 0 saturated heterocycles. The molecule has 0 N–H and O–H groups in total. The molecule has 0 radical (unpaired) electrons. The van der Waals surface area contributed by atoms with E-state index in [1.54, 1.807) is 6.07 Å². The summed E-state index contributed by atoms with van der Waals surface area (Å²) in [6, 6.07) is 11.9. The topological polar surface area (TPSA) is 0 Å². The molecule has 2 aromatic carbocycles. The van der Waals surface area contributed by atoms with Crippen molar-refractivity contribution in [3.8, 4) is 0 Å². The highest BCUT2D eigenvalue weighted by Gasteiger charge is 2.35. The van der Waals surface area contributed by atoms with Crippen LogP contribution in [-0.4, -0.2) is 0 Å². The highest BCUT2D eigenvalue weighted by molar-refractivity contribution is 5.83. The van der Waals surface area contributed by atoms with Gasteiger partial charge in [-0.1, -0.05) is 76.1 Å². The van der Waals surface area contributed by atoms with E-state index in [2.05, 4.69) is 25.1 Å². The van der Waals surface area contributed by atoms with Gasteiger partial charge in [0.25, 0.3) is 0 Å². The Kier molecular flexibility index (Phi) is 6.70. The van der Waals surface area contributed by atoms with Crippen LogP contribution in [0.15, 0.2) is 36.4 Å². The monoisotopic (exact) mass is 380 g/mol. The van der Waals surface area contributed by atoms with Crippen LogP contribution in [0.4, 0.5) is 4.39 Å². The van der Waals surface area contributed by atoms with E-state index in [1.807, 2.05) is 12.1 Å². The first kappa shape index (κ1) is 19.9. The van der Waals surface area contributed by atoms with Gasteiger partial charge in [0.1, 0.15) is 5.82 Å². The van der Waals surface area contributed by atoms with Crippen molar-refractivity contribution in [1.82, 2.24) is 0 Å². The molecule has 4 unspecified atom stereocenters. The smallest absolute Gasteiger partial charge is 0.131 e. The summed E-state index contributed by atoms with van der Waals surface area (Å²) in [6.07, 6.45) is 16.9. The van der Waals surface area contributed by atoms with Crippen LogP contribution in [0.5, 0.6) is 0 Å². The fraction of sp³-hybridized carbons (Fsp3) is 0.630. The van der Waals surface area contributed by atoms with Gasteiger partial charge in [0.2, 0.25) is 0 Å². The quantitative estimate of drug-likeness (QED) is 0.422. The molecule has 0 spiro atoms. The summed E-state index contributed by atoms with van der Waals surface area (Å²) < 4.78 is 14.2. The lowest BCUT2D eigenvalue weighted by Gasteiger charge is -2.42. The molecule has 0 bridgehead atoms. The van der Waals surface area contributed by atoms with Gasteiger partial charge in [0, 0.05) is 5.39 Å². The Hall–Kier alpha value is -1.37. The van der Waals surface area contributed by atoms with Gasteiger partial charge in [-0.05, 0) is 78.9 Å². The highest BCUT2D eigenvalue weighted by atomic mass is 19.1. The molecule has 28 heavy (non-hydrogen) atoms. The van der Waals surface area contributed by atoms with Crippen molar-refractivity contribution in [3.05, 3.63) is 47.8 Å². The van der Waals surface area contributed by atoms with Crippen LogP contribution < -0.4 is 0 Å². The fourth-order valence-corrected chi connectivity index (χ4v) is 6.09. The van der Waals surface area contributed by atoms with Gasteiger partial charge in [-0.25, -0.2) is 4.39 Å². The predicted octanol–water partition coefficient (Wildman–Crippen LogP) is 8.64. The van der Waals surface area contributed by atoms with Crippen molar-refractivity contribution >= 4 is 10.8 Å². The van der Waals surface area contributed by atoms with Gasteiger partial charge in [-0.2, -0.15) is 0 Å². The molecule has 2 fully saturated rings. The fourth-order valence-electron chi connectivity index (χ4n) is 6.09. The molecule has 0 heterocycles. The van der Waals surface area contributed by atoms with E-state index in [0.29, 0.717) is 5.92 Å². The molecule has 4 atom stereocenters. The van der Waals surface area contributed by atoms with Crippen molar-refractivity contribution < 1.29 is 4.39 Å². The van der Waals surface area contributed by atoms with Crippen LogP contribution in [0, 0.1) is 23.6 Å². The number of fused-ring (bicyclic) bond motifs is 2. The highest BCUT2D eigenvalue weighted by Crippen LogP contribution is 2.48. The third-order valence-electron chi connectivity index (χ3n) is 7.76. The summed E-state index contributed by atoms with van der Waals surface area (Å²) >= 11 is 0. The number of hydrogen-bond acceptors (Lipinski definition) is 0. The largest absolute Gasteiger partial charge is 0.206 e. The van der Waals surface area contributed by atoms with Crippen molar-refractivity contribution in [1.29, 1.82) is 0 Å². The molecule has 4 rings (SSSR count). The maximum atomic E-state index is 14.2. The number of benzene rings is 2. The Morgan fingerprint density at radius 2 is 1.68 bits per heavy atom. The van der Waals surface area contributed by atoms with E-state index in [0.717, 1.165) is 28.5 Å². The summed E-state index contributed by atoms with van der Waals surface area (Å²) in [5, 5.41) is 1.82. The Labute approximate surface area is 170 Å². The van der Waals surface area contributed by atoms with Crippen LogP contribution >= 0.6 is 0 Å². The van der Waals surface area contributed by atoms with E-state index in [4.69, 9.17) is 0 Å². The maximum Gasteiger partial charge on any atom is 0.131 e. The van der Waals surface area contributed by atoms with Crippen LogP contribution in [0.2, 0.25) is 0 Å². The molecule has 0 amide bonds. The number of rotatable bonds is 7. The molecule has 2 aromatic rings. The van der Waals surface area contributed by atoms with Crippen molar-refractivity contribution in [3.63, 3.8) is 0 Å². The van der Waals surface area contributed by atoms with Crippen molar-refractivity contribution in [2.75, 3.05) is 0 Å². The van der Waals surface area contributed by atoms with Gasteiger partial charge in [-0.15, -0.1) is 0 Å². The Morgan fingerprint density at radius 3 is 2.57 bits per heavy atom. The minimum absolute atomic E-state index is 0.0764. The van der Waals surface area contributed by atoms with Gasteiger partial charge < -0.3 is 0 Å². The minimum atomic E-state index is -0.0764. The summed E-state index contributed by atoms with van der Waals surface area (Å²) in [4.78, 5) is 0. The van der Waals surface area contributed by atoms with E-state index in [-0.39, 0.29) is 5.82 Å². The molecule has 1 heteroatoms. The Morgan fingerprint density at radius 1 is 0.857 bits per heavy atom. The third-order valence-corrected chi connectivity index (χ3v) is 7.76. The van der Waals surface area contributed by atoms with E-state index < -0.39 is 0 Å². The summed E-state index contributed by atoms with van der Waals surface area (Å²) in [6.45, 7) is 2.30. The molecular weight excluding hydrogens is 343 g/mol. The lowest BCUT2D eigenvalue weighted by molar-refractivity contribution is 0.113. The third kappa shape index (κ3) is 4.61. The zero-order chi connectivity index (χ0) is 19.3. The van der Waals surface area contributed by atoms with Gasteiger partial charge >= 0.3 is 0 Å². The van der Waals surface area contributed by atoms with Crippen LogP contribution in [0.25, 0.3) is 10.8 Å². The first-order valence-electron chi connectivity index (χ1n) is 11.9. The van der Waals surface area contributed by atoms with Gasteiger partial charge in [-0.3, -0.25) is 0 Å². The minimum Gasteiger partial charge on any atom is -0.206 e. The Balaban J connectivity index is 1.32. The second-order valence-corrected chi connectivity index (χ2v) is 9.63. The first-order chi connectivity index (χ1) is 13.7. The summed E-state index contributed by atoms with van der Waals surface area (Å²) in [7, 11) is 0. The molecule has 0 nitrogen and oxygen atoms in total. The Bertz CT molecular complexity index is 764. The summed E-state index contributed by atoms with van der Waals surface area (Å²) in [5.41, 5.74) is 1.37. The van der Waals surface area contributed by atoms with Crippen LogP contribution in [0.1, 0.15) is 95.5 Å². The van der Waals surface area contributed by atoms with E-state index in [9.17, 15) is 4.39 Å². The number of hydrogen-bond donors (Lipinski definition) is 0. The molecule has 152 valence electrons. The van der Waals surface area contributed by atoms with Gasteiger partial charge in [0.05, 0.1) is 0 Å². The lowest BCUT2D eigenvalue weighted by Crippen LogP contribution is -2.30. The van der Waals surface area contributed by atoms with Crippen molar-refractivity contribution in [2.24, 2.45) is 17.8 Å². The maximum absolute atomic E-state index is 14.2. The average molecular weight is 381 g/mol. The van der Waals surface area contributed by atoms with E-state index >= 15 is 0 Å². The average Bonchev–Trinajstić information content (AvgIpc) is 2.73.